The standard InChI is InChI=1S/C13H20N2S.C8H18/c1-4-6-8-12-10(7-5-2)11(9-14)13(15-3)16-12;1-4-7-8(5-2)6-3/h15H,4-8H2,1-3H3;8H,4-7H2,1-3H3. The van der Waals surface area contributed by atoms with Crippen molar-refractivity contribution < 1.29 is 0 Å². The van der Waals surface area contributed by atoms with Crippen molar-refractivity contribution in [3.05, 3.63) is 16.0 Å². The van der Waals surface area contributed by atoms with Crippen LogP contribution in [0.4, 0.5) is 5.00 Å². The lowest BCUT2D eigenvalue weighted by molar-refractivity contribution is 0.451. The molecule has 0 bridgehead atoms. The third-order valence-corrected chi connectivity index (χ3v) is 5.85. The fourth-order valence-corrected chi connectivity index (χ4v) is 4.16. The van der Waals surface area contributed by atoms with Gasteiger partial charge in [0.2, 0.25) is 0 Å². The normalized spacial score (nSPS) is 10.2. The summed E-state index contributed by atoms with van der Waals surface area (Å²) in [5.41, 5.74) is 2.16. The Morgan fingerprint density at radius 1 is 1.00 bits per heavy atom. The number of anilines is 1. The molecule has 1 heterocycles. The third kappa shape index (κ3) is 7.71. The van der Waals surface area contributed by atoms with Gasteiger partial charge >= 0.3 is 0 Å². The number of nitrogens with one attached hydrogen (secondary N) is 1. The lowest BCUT2D eigenvalue weighted by atomic mass is 9.98. The number of aryl methyl sites for hydroxylation is 1. The van der Waals surface area contributed by atoms with E-state index in [-0.39, 0.29) is 0 Å². The number of thiophene rings is 1. The molecule has 3 heteroatoms. The zero-order valence-corrected chi connectivity index (χ0v) is 17.6. The Balaban J connectivity index is 0.000000561. The Morgan fingerprint density at radius 3 is 2.04 bits per heavy atom. The van der Waals surface area contributed by atoms with E-state index in [1.54, 1.807) is 11.3 Å². The molecule has 0 spiro atoms. The maximum absolute atomic E-state index is 9.21. The van der Waals surface area contributed by atoms with Crippen LogP contribution in [0.5, 0.6) is 0 Å². The topological polar surface area (TPSA) is 35.8 Å². The minimum atomic E-state index is 0.875. The van der Waals surface area contributed by atoms with E-state index in [0.29, 0.717) is 0 Å². The summed E-state index contributed by atoms with van der Waals surface area (Å²) in [7, 11) is 1.89. The molecule has 0 aliphatic rings. The molecule has 0 fully saturated rings. The number of unbranched alkanes of at least 4 members (excludes halogenated alkanes) is 1. The van der Waals surface area contributed by atoms with Crippen molar-refractivity contribution >= 4 is 16.3 Å². The summed E-state index contributed by atoms with van der Waals surface area (Å²) < 4.78 is 0. The smallest absolute Gasteiger partial charge is 0.107 e. The quantitative estimate of drug-likeness (QED) is 0.485. The monoisotopic (exact) mass is 350 g/mol. The van der Waals surface area contributed by atoms with Gasteiger partial charge in [0.05, 0.1) is 5.56 Å². The van der Waals surface area contributed by atoms with Crippen LogP contribution in [0.15, 0.2) is 0 Å². The van der Waals surface area contributed by atoms with Crippen LogP contribution in [0.25, 0.3) is 0 Å². The maximum atomic E-state index is 9.21. The predicted molar refractivity (Wildman–Crippen MR) is 110 cm³/mol. The first-order valence-electron chi connectivity index (χ1n) is 9.85. The van der Waals surface area contributed by atoms with E-state index in [4.69, 9.17) is 0 Å². The molecular weight excluding hydrogens is 312 g/mol. The Labute approximate surface area is 154 Å². The van der Waals surface area contributed by atoms with Gasteiger partial charge in [0.15, 0.2) is 0 Å². The number of nitrogens with zero attached hydrogens (tertiary/aromatic N) is 1. The first-order valence-corrected chi connectivity index (χ1v) is 10.7. The molecule has 0 aliphatic heterocycles. The van der Waals surface area contributed by atoms with Gasteiger partial charge in [-0.2, -0.15) is 5.26 Å². The lowest BCUT2D eigenvalue weighted by Crippen LogP contribution is -1.94. The Morgan fingerprint density at radius 2 is 1.67 bits per heavy atom. The van der Waals surface area contributed by atoms with Gasteiger partial charge in [-0.15, -0.1) is 11.3 Å². The van der Waals surface area contributed by atoms with Crippen molar-refractivity contribution in [2.75, 3.05) is 12.4 Å². The molecule has 1 aromatic heterocycles. The fraction of sp³-hybridized carbons (Fsp3) is 0.762. The highest BCUT2D eigenvalue weighted by atomic mass is 32.1. The Hall–Kier alpha value is -1.01. The molecule has 0 aliphatic carbocycles. The first-order chi connectivity index (χ1) is 11.6. The molecule has 1 N–H and O–H groups in total. The second kappa shape index (κ2) is 14.3. The first kappa shape index (κ1) is 23.0. The number of hydrogen-bond acceptors (Lipinski definition) is 3. The summed E-state index contributed by atoms with van der Waals surface area (Å²) >= 11 is 1.76. The summed E-state index contributed by atoms with van der Waals surface area (Å²) in [5, 5.41) is 13.4. The van der Waals surface area contributed by atoms with Crippen LogP contribution in [0.1, 0.15) is 95.6 Å². The maximum Gasteiger partial charge on any atom is 0.107 e. The van der Waals surface area contributed by atoms with Gasteiger partial charge in [0.25, 0.3) is 0 Å². The van der Waals surface area contributed by atoms with E-state index < -0.39 is 0 Å². The number of rotatable bonds is 10. The SMILES string of the molecule is CCCC(CC)CC.CCCCc1sc(NC)c(C#N)c1CCC. The van der Waals surface area contributed by atoms with Crippen LogP contribution in [0.2, 0.25) is 0 Å². The Bertz CT molecular complexity index is 467. The van der Waals surface area contributed by atoms with Crippen molar-refractivity contribution in [2.45, 2.75) is 92.4 Å². The van der Waals surface area contributed by atoms with Gasteiger partial charge in [-0.1, -0.05) is 73.1 Å². The van der Waals surface area contributed by atoms with Crippen molar-refractivity contribution in [3.63, 3.8) is 0 Å². The van der Waals surface area contributed by atoms with Crippen LogP contribution in [-0.2, 0) is 12.8 Å². The zero-order valence-electron chi connectivity index (χ0n) is 16.8. The predicted octanol–water partition coefficient (Wildman–Crippen LogP) is 7.18. The van der Waals surface area contributed by atoms with Crippen LogP contribution in [0.3, 0.4) is 0 Å². The molecule has 1 aromatic rings. The van der Waals surface area contributed by atoms with Gasteiger partial charge in [-0.05, 0) is 30.7 Å². The highest BCUT2D eigenvalue weighted by Gasteiger charge is 2.15. The van der Waals surface area contributed by atoms with Crippen LogP contribution in [0, 0.1) is 17.2 Å². The van der Waals surface area contributed by atoms with E-state index in [0.717, 1.165) is 35.7 Å². The number of hydrogen-bond donors (Lipinski definition) is 1. The lowest BCUT2D eigenvalue weighted by Gasteiger charge is -2.08. The average Bonchev–Trinajstić information content (AvgIpc) is 2.95. The molecule has 0 unspecified atom stereocenters. The molecule has 2 nitrogen and oxygen atoms in total. The van der Waals surface area contributed by atoms with Crippen molar-refractivity contribution in [3.8, 4) is 6.07 Å². The molecule has 0 saturated heterocycles. The summed E-state index contributed by atoms with van der Waals surface area (Å²) in [4.78, 5) is 1.41. The molecule has 0 amide bonds. The molecule has 138 valence electrons. The van der Waals surface area contributed by atoms with Gasteiger partial charge in [0.1, 0.15) is 11.1 Å². The number of nitriles is 1. The summed E-state index contributed by atoms with van der Waals surface area (Å²) in [6.07, 6.45) is 11.2. The molecule has 1 rings (SSSR count). The largest absolute Gasteiger partial charge is 0.379 e. The highest BCUT2D eigenvalue weighted by Crippen LogP contribution is 2.34. The molecule has 0 atom stereocenters. The van der Waals surface area contributed by atoms with Gasteiger partial charge in [-0.25, -0.2) is 0 Å². The van der Waals surface area contributed by atoms with E-state index in [1.807, 2.05) is 7.05 Å². The minimum Gasteiger partial charge on any atom is -0.379 e. The van der Waals surface area contributed by atoms with E-state index in [2.05, 4.69) is 46.0 Å². The summed E-state index contributed by atoms with van der Waals surface area (Å²) in [6.45, 7) is 11.2. The van der Waals surface area contributed by atoms with Crippen LogP contribution in [-0.4, -0.2) is 7.05 Å². The molecular formula is C21H38N2S. The van der Waals surface area contributed by atoms with Gasteiger partial charge < -0.3 is 5.32 Å². The van der Waals surface area contributed by atoms with Gasteiger partial charge in [0, 0.05) is 11.9 Å². The molecule has 24 heavy (non-hydrogen) atoms. The van der Waals surface area contributed by atoms with E-state index in [1.165, 1.54) is 49.0 Å². The molecule has 0 saturated carbocycles. The minimum absolute atomic E-state index is 0.875. The summed E-state index contributed by atoms with van der Waals surface area (Å²) in [5.74, 6) is 1.000. The highest BCUT2D eigenvalue weighted by molar-refractivity contribution is 7.16. The molecule has 0 radical (unpaired) electrons. The average molecular weight is 351 g/mol. The van der Waals surface area contributed by atoms with E-state index in [9.17, 15) is 5.26 Å². The van der Waals surface area contributed by atoms with Crippen molar-refractivity contribution in [1.29, 1.82) is 5.26 Å². The van der Waals surface area contributed by atoms with Crippen molar-refractivity contribution in [1.82, 2.24) is 0 Å². The fourth-order valence-electron chi connectivity index (χ4n) is 2.97. The van der Waals surface area contributed by atoms with Crippen LogP contribution >= 0.6 is 11.3 Å². The molecule has 0 aromatic carbocycles. The second-order valence-electron chi connectivity index (χ2n) is 6.39. The van der Waals surface area contributed by atoms with Gasteiger partial charge in [-0.3, -0.25) is 0 Å². The zero-order chi connectivity index (χ0) is 18.4. The van der Waals surface area contributed by atoms with E-state index >= 15 is 0 Å². The van der Waals surface area contributed by atoms with Crippen molar-refractivity contribution in [2.24, 2.45) is 5.92 Å². The summed E-state index contributed by atoms with van der Waals surface area (Å²) in [6, 6.07) is 2.34. The Kier molecular flexibility index (Phi) is 13.7. The van der Waals surface area contributed by atoms with Crippen LogP contribution < -0.4 is 5.32 Å². The second-order valence-corrected chi connectivity index (χ2v) is 7.50. The third-order valence-electron chi connectivity index (χ3n) is 4.54.